The monoisotopic (exact) mass is 243 g/mol. The van der Waals surface area contributed by atoms with Crippen LogP contribution in [0, 0.1) is 0 Å². The Morgan fingerprint density at radius 2 is 1.88 bits per heavy atom. The van der Waals surface area contributed by atoms with Gasteiger partial charge in [0.05, 0.1) is 17.7 Å². The van der Waals surface area contributed by atoms with E-state index in [-0.39, 0.29) is 6.20 Å². The number of aliphatic hydroxyl groups is 1. The molecule has 2 N–H and O–H groups in total. The van der Waals surface area contributed by atoms with Gasteiger partial charge in [0.15, 0.2) is 0 Å². The van der Waals surface area contributed by atoms with Crippen LogP contribution < -0.4 is 0 Å². The Morgan fingerprint density at radius 1 is 1.31 bits per heavy atom. The van der Waals surface area contributed by atoms with Gasteiger partial charge in [0.1, 0.15) is 11.4 Å². The standard InChI is InChI=1S/C8H6F5NO2/c9-7(10)5-3(8(11,12)13)1-14-4(2-15)6(5)16/h1,7,15-16H,2H2. The lowest BCUT2D eigenvalue weighted by Crippen LogP contribution is -2.12. The minimum atomic E-state index is -5.04. The number of hydrogen-bond acceptors (Lipinski definition) is 3. The molecule has 1 aromatic heterocycles. The van der Waals surface area contributed by atoms with Gasteiger partial charge in [0, 0.05) is 6.20 Å². The third kappa shape index (κ3) is 2.21. The molecule has 0 amide bonds. The molecule has 0 aromatic carbocycles. The van der Waals surface area contributed by atoms with Crippen LogP contribution in [0.5, 0.6) is 5.75 Å². The van der Waals surface area contributed by atoms with Crippen LogP contribution in [0.15, 0.2) is 6.20 Å². The lowest BCUT2D eigenvalue weighted by Gasteiger charge is -2.14. The van der Waals surface area contributed by atoms with Crippen molar-refractivity contribution in [3.63, 3.8) is 0 Å². The van der Waals surface area contributed by atoms with Gasteiger partial charge in [0.2, 0.25) is 0 Å². The largest absolute Gasteiger partial charge is 0.505 e. The van der Waals surface area contributed by atoms with Crippen molar-refractivity contribution in [1.82, 2.24) is 4.98 Å². The van der Waals surface area contributed by atoms with E-state index in [9.17, 15) is 22.0 Å². The van der Waals surface area contributed by atoms with Gasteiger partial charge in [-0.3, -0.25) is 4.98 Å². The van der Waals surface area contributed by atoms with E-state index in [4.69, 9.17) is 10.2 Å². The molecule has 90 valence electrons. The van der Waals surface area contributed by atoms with Crippen molar-refractivity contribution in [3.05, 3.63) is 23.0 Å². The second kappa shape index (κ2) is 4.20. The molecule has 0 bridgehead atoms. The summed E-state index contributed by atoms with van der Waals surface area (Å²) in [6.45, 7) is -0.927. The quantitative estimate of drug-likeness (QED) is 0.783. The predicted octanol–water partition coefficient (Wildman–Crippen LogP) is 2.24. The van der Waals surface area contributed by atoms with Crippen molar-refractivity contribution in [3.8, 4) is 5.75 Å². The number of aromatic hydroxyl groups is 1. The van der Waals surface area contributed by atoms with Crippen LogP contribution in [-0.2, 0) is 12.8 Å². The summed E-state index contributed by atoms with van der Waals surface area (Å²) in [6, 6.07) is 0. The van der Waals surface area contributed by atoms with Crippen LogP contribution in [0.2, 0.25) is 0 Å². The molecule has 0 aliphatic carbocycles. The summed E-state index contributed by atoms with van der Waals surface area (Å²) in [5.41, 5.74) is -3.90. The van der Waals surface area contributed by atoms with Crippen molar-refractivity contribution in [2.24, 2.45) is 0 Å². The van der Waals surface area contributed by atoms with Gasteiger partial charge >= 0.3 is 6.18 Å². The molecule has 0 unspecified atom stereocenters. The number of halogens is 5. The minimum absolute atomic E-state index is 0.159. The predicted molar refractivity (Wildman–Crippen MR) is 41.8 cm³/mol. The zero-order valence-corrected chi connectivity index (χ0v) is 7.59. The summed E-state index contributed by atoms with van der Waals surface area (Å²) in [5.74, 6) is -1.33. The third-order valence-corrected chi connectivity index (χ3v) is 1.84. The zero-order chi connectivity index (χ0) is 12.5. The maximum atomic E-state index is 12.4. The van der Waals surface area contributed by atoms with Crippen LogP contribution in [0.1, 0.15) is 23.2 Å². The molecule has 16 heavy (non-hydrogen) atoms. The summed E-state index contributed by atoms with van der Waals surface area (Å²) in [7, 11) is 0. The Balaban J connectivity index is 3.47. The minimum Gasteiger partial charge on any atom is -0.505 e. The van der Waals surface area contributed by atoms with E-state index < -0.39 is 41.8 Å². The Bertz CT molecular complexity index is 391. The summed E-state index contributed by atoms with van der Waals surface area (Å²) in [5, 5.41) is 17.7. The number of nitrogens with zero attached hydrogens (tertiary/aromatic N) is 1. The summed E-state index contributed by atoms with van der Waals surface area (Å²) < 4.78 is 61.6. The fourth-order valence-electron chi connectivity index (χ4n) is 1.12. The number of rotatable bonds is 2. The second-order valence-corrected chi connectivity index (χ2v) is 2.84. The average molecular weight is 243 g/mol. The second-order valence-electron chi connectivity index (χ2n) is 2.84. The molecule has 8 heteroatoms. The molecular weight excluding hydrogens is 237 g/mol. The molecule has 1 heterocycles. The highest BCUT2D eigenvalue weighted by Gasteiger charge is 2.38. The van der Waals surface area contributed by atoms with Crippen LogP contribution in [0.25, 0.3) is 0 Å². The molecule has 0 aliphatic rings. The lowest BCUT2D eigenvalue weighted by molar-refractivity contribution is -0.140. The molecule has 3 nitrogen and oxygen atoms in total. The summed E-state index contributed by atoms with van der Waals surface area (Å²) in [6.07, 6.45) is -8.39. The van der Waals surface area contributed by atoms with E-state index in [1.165, 1.54) is 0 Å². The van der Waals surface area contributed by atoms with E-state index in [0.29, 0.717) is 0 Å². The van der Waals surface area contributed by atoms with Gasteiger partial charge in [-0.2, -0.15) is 13.2 Å². The highest BCUT2D eigenvalue weighted by molar-refractivity contribution is 5.43. The van der Waals surface area contributed by atoms with E-state index in [2.05, 4.69) is 4.98 Å². The third-order valence-electron chi connectivity index (χ3n) is 1.84. The molecule has 0 saturated carbocycles. The van der Waals surface area contributed by atoms with Gasteiger partial charge in [0.25, 0.3) is 6.43 Å². The highest BCUT2D eigenvalue weighted by atomic mass is 19.4. The fraction of sp³-hybridized carbons (Fsp3) is 0.375. The topological polar surface area (TPSA) is 53.4 Å². The first-order valence-electron chi connectivity index (χ1n) is 3.96. The molecule has 1 aromatic rings. The molecule has 0 saturated heterocycles. The molecule has 0 fully saturated rings. The summed E-state index contributed by atoms with van der Waals surface area (Å²) in [4.78, 5) is 3.05. The lowest BCUT2D eigenvalue weighted by atomic mass is 10.1. The molecule has 1 rings (SSSR count). The van der Waals surface area contributed by atoms with Crippen molar-refractivity contribution < 1.29 is 32.2 Å². The number of aliphatic hydroxyl groups excluding tert-OH is 1. The zero-order valence-electron chi connectivity index (χ0n) is 7.59. The summed E-state index contributed by atoms with van der Waals surface area (Å²) >= 11 is 0. The first kappa shape index (κ1) is 12.6. The smallest absolute Gasteiger partial charge is 0.418 e. The molecule has 0 spiro atoms. The van der Waals surface area contributed by atoms with Crippen molar-refractivity contribution in [2.75, 3.05) is 0 Å². The molecule has 0 aliphatic heterocycles. The van der Waals surface area contributed by atoms with Crippen molar-refractivity contribution in [1.29, 1.82) is 0 Å². The molecule has 0 atom stereocenters. The van der Waals surface area contributed by atoms with Crippen LogP contribution >= 0.6 is 0 Å². The van der Waals surface area contributed by atoms with E-state index in [0.717, 1.165) is 0 Å². The van der Waals surface area contributed by atoms with Gasteiger partial charge in [-0.25, -0.2) is 8.78 Å². The van der Waals surface area contributed by atoms with Crippen molar-refractivity contribution in [2.45, 2.75) is 19.2 Å². The Kier molecular flexibility index (Phi) is 3.32. The first-order valence-corrected chi connectivity index (χ1v) is 3.96. The molecular formula is C8H6F5NO2. The number of aromatic nitrogens is 1. The average Bonchev–Trinajstić information content (AvgIpc) is 2.15. The van der Waals surface area contributed by atoms with E-state index in [1.807, 2.05) is 0 Å². The van der Waals surface area contributed by atoms with Gasteiger partial charge < -0.3 is 10.2 Å². The van der Waals surface area contributed by atoms with Gasteiger partial charge in [-0.15, -0.1) is 0 Å². The Hall–Kier alpha value is -1.44. The fourth-order valence-corrected chi connectivity index (χ4v) is 1.12. The molecule has 0 radical (unpaired) electrons. The number of hydrogen-bond donors (Lipinski definition) is 2. The maximum Gasteiger partial charge on any atom is 0.418 e. The van der Waals surface area contributed by atoms with Crippen LogP contribution in [0.3, 0.4) is 0 Å². The van der Waals surface area contributed by atoms with Crippen LogP contribution in [-0.4, -0.2) is 15.2 Å². The van der Waals surface area contributed by atoms with E-state index in [1.54, 1.807) is 0 Å². The number of pyridine rings is 1. The van der Waals surface area contributed by atoms with E-state index >= 15 is 0 Å². The van der Waals surface area contributed by atoms with Gasteiger partial charge in [-0.05, 0) is 0 Å². The highest BCUT2D eigenvalue weighted by Crippen LogP contribution is 2.41. The SMILES string of the molecule is OCc1ncc(C(F)(F)F)c(C(F)F)c1O. The van der Waals surface area contributed by atoms with Crippen LogP contribution in [0.4, 0.5) is 22.0 Å². The first-order chi connectivity index (χ1) is 7.29. The Labute approximate surface area is 86.2 Å². The Morgan fingerprint density at radius 3 is 2.25 bits per heavy atom. The van der Waals surface area contributed by atoms with Gasteiger partial charge in [-0.1, -0.05) is 0 Å². The number of alkyl halides is 5. The van der Waals surface area contributed by atoms with Crippen molar-refractivity contribution >= 4 is 0 Å². The normalized spacial score (nSPS) is 12.2. The maximum absolute atomic E-state index is 12.4.